The van der Waals surface area contributed by atoms with E-state index in [1.165, 1.54) is 60.7 Å². The van der Waals surface area contributed by atoms with Gasteiger partial charge in [0.25, 0.3) is 20.2 Å². The second-order valence-corrected chi connectivity index (χ2v) is 9.15. The molecule has 0 aliphatic rings. The van der Waals surface area contributed by atoms with Crippen LogP contribution in [0, 0.1) is 0 Å². The fourth-order valence-electron chi connectivity index (χ4n) is 2.38. The molecule has 6 N–H and O–H groups in total. The van der Waals surface area contributed by atoms with Crippen molar-refractivity contribution in [3.63, 3.8) is 0 Å². The van der Waals surface area contributed by atoms with Gasteiger partial charge < -0.3 is 11.5 Å². The highest BCUT2D eigenvalue weighted by atomic mass is 32.2. The first kappa shape index (κ1) is 23.0. The molecule has 0 radical (unpaired) electrons. The Morgan fingerprint density at radius 2 is 0.906 bits per heavy atom. The first-order chi connectivity index (χ1) is 14.9. The lowest BCUT2D eigenvalue weighted by atomic mass is 10.2. The lowest BCUT2D eigenvalue weighted by Gasteiger charge is -2.04. The largest absolute Gasteiger partial charge is 0.397 e. The fourth-order valence-corrected chi connectivity index (χ4v) is 3.34. The van der Waals surface area contributed by atoms with Crippen LogP contribution in [-0.2, 0) is 20.2 Å². The van der Waals surface area contributed by atoms with Crippen LogP contribution in [-0.4, -0.2) is 25.9 Å². The molecule has 32 heavy (non-hydrogen) atoms. The number of nitrogens with zero attached hydrogens (tertiary/aromatic N) is 4. The Bertz CT molecular complexity index is 1310. The normalized spacial score (nSPS) is 12.6. The Kier molecular flexibility index (Phi) is 6.31. The predicted molar refractivity (Wildman–Crippen MR) is 116 cm³/mol. The van der Waals surface area contributed by atoms with Gasteiger partial charge in [-0.3, -0.25) is 9.11 Å². The molecule has 3 aromatic rings. The number of azo groups is 2. The SMILES string of the molecule is Nc1cc(N)c(N=Nc2ccc(S(=O)(=O)O)cc2)cc1N=Nc1ccc(S(=O)(=O)O)cc1. The summed E-state index contributed by atoms with van der Waals surface area (Å²) in [7, 11) is -8.63. The number of hydrogen-bond acceptors (Lipinski definition) is 10. The van der Waals surface area contributed by atoms with Crippen molar-refractivity contribution in [1.82, 2.24) is 0 Å². The lowest BCUT2D eigenvalue weighted by Crippen LogP contribution is -1.96. The third-order valence-electron chi connectivity index (χ3n) is 3.99. The van der Waals surface area contributed by atoms with E-state index in [1.807, 2.05) is 0 Å². The highest BCUT2D eigenvalue weighted by Crippen LogP contribution is 2.35. The predicted octanol–water partition coefficient (Wildman–Crippen LogP) is 4.18. The molecule has 0 spiro atoms. The number of anilines is 2. The molecular formula is C18H16N6O6S2. The maximum atomic E-state index is 11.1. The monoisotopic (exact) mass is 476 g/mol. The van der Waals surface area contributed by atoms with Crippen LogP contribution >= 0.6 is 0 Å². The number of hydrogen-bond donors (Lipinski definition) is 4. The van der Waals surface area contributed by atoms with E-state index >= 15 is 0 Å². The topological polar surface area (TPSA) is 210 Å². The first-order valence-corrected chi connectivity index (χ1v) is 11.5. The summed E-state index contributed by atoms with van der Waals surface area (Å²) >= 11 is 0. The van der Waals surface area contributed by atoms with E-state index in [-0.39, 0.29) is 32.5 Å². The minimum atomic E-state index is -4.31. The van der Waals surface area contributed by atoms with Gasteiger partial charge in [-0.05, 0) is 60.7 Å². The summed E-state index contributed by atoms with van der Waals surface area (Å²) in [5.41, 5.74) is 13.3. The summed E-state index contributed by atoms with van der Waals surface area (Å²) < 4.78 is 62.3. The Labute approximate surface area is 182 Å². The number of nitrogens with two attached hydrogens (primary N) is 2. The quantitative estimate of drug-likeness (QED) is 0.230. The second kappa shape index (κ2) is 8.80. The summed E-state index contributed by atoms with van der Waals surface area (Å²) in [6, 6.07) is 12.9. The molecule has 0 fully saturated rings. The molecule has 166 valence electrons. The molecular weight excluding hydrogens is 460 g/mol. The van der Waals surface area contributed by atoms with Gasteiger partial charge in [0.05, 0.1) is 32.5 Å². The summed E-state index contributed by atoms with van der Waals surface area (Å²) in [4.78, 5) is -0.563. The van der Waals surface area contributed by atoms with Crippen LogP contribution in [0.3, 0.4) is 0 Å². The van der Waals surface area contributed by atoms with Crippen molar-refractivity contribution in [2.24, 2.45) is 20.5 Å². The number of rotatable bonds is 6. The minimum Gasteiger partial charge on any atom is -0.397 e. The van der Waals surface area contributed by atoms with Gasteiger partial charge >= 0.3 is 0 Å². The zero-order valence-electron chi connectivity index (χ0n) is 16.1. The Morgan fingerprint density at radius 3 is 1.22 bits per heavy atom. The van der Waals surface area contributed by atoms with Gasteiger partial charge in [0, 0.05) is 0 Å². The van der Waals surface area contributed by atoms with Gasteiger partial charge in [0.1, 0.15) is 11.4 Å². The van der Waals surface area contributed by atoms with E-state index in [0.29, 0.717) is 11.4 Å². The van der Waals surface area contributed by atoms with Gasteiger partial charge in [-0.1, -0.05) is 0 Å². The van der Waals surface area contributed by atoms with Crippen LogP contribution < -0.4 is 11.5 Å². The second-order valence-electron chi connectivity index (χ2n) is 6.31. The molecule has 0 aliphatic heterocycles. The van der Waals surface area contributed by atoms with E-state index in [2.05, 4.69) is 20.5 Å². The van der Waals surface area contributed by atoms with Gasteiger partial charge in [-0.15, -0.1) is 10.2 Å². The van der Waals surface area contributed by atoms with Gasteiger partial charge in [-0.25, -0.2) is 0 Å². The van der Waals surface area contributed by atoms with Crippen LogP contribution in [0.4, 0.5) is 34.1 Å². The Hall–Kier alpha value is -3.72. The van der Waals surface area contributed by atoms with E-state index < -0.39 is 20.2 Å². The van der Waals surface area contributed by atoms with E-state index in [0.717, 1.165) is 0 Å². The molecule has 0 unspecified atom stereocenters. The molecule has 0 aromatic heterocycles. The van der Waals surface area contributed by atoms with Crippen LogP contribution in [0.5, 0.6) is 0 Å². The van der Waals surface area contributed by atoms with Crippen molar-refractivity contribution >= 4 is 54.4 Å². The summed E-state index contributed by atoms with van der Waals surface area (Å²) in [5.74, 6) is 0. The average Bonchev–Trinajstić information content (AvgIpc) is 2.72. The van der Waals surface area contributed by atoms with Crippen molar-refractivity contribution in [3.05, 3.63) is 60.7 Å². The standard InChI is InChI=1S/C18H16N6O6S2/c19-15-9-16(20)18(24-22-12-3-7-14(8-4-12)32(28,29)30)10-17(15)23-21-11-1-5-13(6-2-11)31(25,26)27/h1-10H,19-20H2,(H,25,26,27)(H,28,29,30). The third-order valence-corrected chi connectivity index (χ3v) is 5.73. The highest BCUT2D eigenvalue weighted by Gasteiger charge is 2.10. The molecule has 0 saturated carbocycles. The zero-order valence-corrected chi connectivity index (χ0v) is 17.7. The number of nitrogen functional groups attached to an aromatic ring is 2. The van der Waals surface area contributed by atoms with Crippen molar-refractivity contribution < 1.29 is 25.9 Å². The molecule has 12 nitrogen and oxygen atoms in total. The first-order valence-electron chi connectivity index (χ1n) is 8.61. The summed E-state index contributed by atoms with van der Waals surface area (Å²) in [6.45, 7) is 0. The van der Waals surface area contributed by atoms with E-state index in [4.69, 9.17) is 20.6 Å². The van der Waals surface area contributed by atoms with Crippen molar-refractivity contribution in [3.8, 4) is 0 Å². The number of benzene rings is 3. The Morgan fingerprint density at radius 1 is 0.562 bits per heavy atom. The fraction of sp³-hybridized carbons (Fsp3) is 0. The Balaban J connectivity index is 1.84. The van der Waals surface area contributed by atoms with E-state index in [1.54, 1.807) is 0 Å². The molecule has 0 atom stereocenters. The minimum absolute atomic E-state index is 0.206. The molecule has 0 amide bonds. The highest BCUT2D eigenvalue weighted by molar-refractivity contribution is 7.86. The van der Waals surface area contributed by atoms with Crippen LogP contribution in [0.2, 0.25) is 0 Å². The van der Waals surface area contributed by atoms with Crippen LogP contribution in [0.15, 0.2) is 90.9 Å². The third kappa shape index (κ3) is 5.70. The molecule has 0 aliphatic carbocycles. The summed E-state index contributed by atoms with van der Waals surface area (Å²) in [5, 5.41) is 15.9. The molecule has 3 rings (SSSR count). The summed E-state index contributed by atoms with van der Waals surface area (Å²) in [6.07, 6.45) is 0. The smallest absolute Gasteiger partial charge is 0.294 e. The van der Waals surface area contributed by atoms with Crippen molar-refractivity contribution in [1.29, 1.82) is 0 Å². The van der Waals surface area contributed by atoms with Gasteiger partial charge in [0.15, 0.2) is 0 Å². The zero-order chi connectivity index (χ0) is 23.5. The van der Waals surface area contributed by atoms with Crippen molar-refractivity contribution in [2.75, 3.05) is 11.5 Å². The van der Waals surface area contributed by atoms with Crippen molar-refractivity contribution in [2.45, 2.75) is 9.79 Å². The maximum absolute atomic E-state index is 11.1. The van der Waals surface area contributed by atoms with Crippen LogP contribution in [0.25, 0.3) is 0 Å². The molecule has 0 heterocycles. The molecule has 14 heteroatoms. The molecule has 0 saturated heterocycles. The van der Waals surface area contributed by atoms with Gasteiger partial charge in [0.2, 0.25) is 0 Å². The maximum Gasteiger partial charge on any atom is 0.294 e. The lowest BCUT2D eigenvalue weighted by molar-refractivity contribution is 0.481. The van der Waals surface area contributed by atoms with E-state index in [9.17, 15) is 16.8 Å². The molecule has 0 bridgehead atoms. The molecule has 3 aromatic carbocycles. The van der Waals surface area contributed by atoms with Crippen LogP contribution in [0.1, 0.15) is 0 Å². The average molecular weight is 476 g/mol. The van der Waals surface area contributed by atoms with Gasteiger partial charge in [-0.2, -0.15) is 27.1 Å².